The van der Waals surface area contributed by atoms with Gasteiger partial charge in [-0.3, -0.25) is 4.90 Å². The Morgan fingerprint density at radius 2 is 1.75 bits per heavy atom. The van der Waals surface area contributed by atoms with E-state index in [-0.39, 0.29) is 19.0 Å². The molecule has 0 bridgehead atoms. The second kappa shape index (κ2) is 6.85. The van der Waals surface area contributed by atoms with Gasteiger partial charge in [-0.1, -0.05) is 15.9 Å². The van der Waals surface area contributed by atoms with Crippen molar-refractivity contribution < 1.29 is 15.3 Å². The zero-order chi connectivity index (χ0) is 12.0. The van der Waals surface area contributed by atoms with Gasteiger partial charge in [0.1, 0.15) is 5.75 Å². The predicted octanol–water partition coefficient (Wildman–Crippen LogP) is 0.941. The molecule has 5 heteroatoms. The third-order valence-electron chi connectivity index (χ3n) is 2.27. The van der Waals surface area contributed by atoms with Crippen molar-refractivity contribution in [2.45, 2.75) is 6.54 Å². The highest BCUT2D eigenvalue weighted by Gasteiger charge is 2.08. The summed E-state index contributed by atoms with van der Waals surface area (Å²) in [7, 11) is 0. The summed E-state index contributed by atoms with van der Waals surface area (Å²) in [4.78, 5) is 1.88. The van der Waals surface area contributed by atoms with E-state index in [0.717, 1.165) is 10.0 Å². The minimum atomic E-state index is 0.0365. The average molecular weight is 290 g/mol. The molecule has 0 amide bonds. The van der Waals surface area contributed by atoms with Gasteiger partial charge in [-0.15, -0.1) is 0 Å². The summed E-state index contributed by atoms with van der Waals surface area (Å²) in [6.07, 6.45) is 0. The Morgan fingerprint density at radius 1 is 1.12 bits per heavy atom. The summed E-state index contributed by atoms with van der Waals surface area (Å²) in [5.74, 6) is 0.226. The van der Waals surface area contributed by atoms with E-state index in [2.05, 4.69) is 15.9 Å². The third-order valence-corrected chi connectivity index (χ3v) is 2.76. The van der Waals surface area contributed by atoms with Gasteiger partial charge in [0.25, 0.3) is 0 Å². The standard InChI is InChI=1S/C11H16BrNO3/c12-10-1-2-11(16)9(7-10)8-13(3-5-14)4-6-15/h1-2,7,14-16H,3-6,8H2. The smallest absolute Gasteiger partial charge is 0.120 e. The minimum Gasteiger partial charge on any atom is -0.508 e. The highest BCUT2D eigenvalue weighted by molar-refractivity contribution is 9.10. The summed E-state index contributed by atoms with van der Waals surface area (Å²) < 4.78 is 0.897. The lowest BCUT2D eigenvalue weighted by Crippen LogP contribution is -2.29. The fourth-order valence-electron chi connectivity index (χ4n) is 1.47. The van der Waals surface area contributed by atoms with Crippen molar-refractivity contribution in [3.8, 4) is 5.75 Å². The van der Waals surface area contributed by atoms with E-state index >= 15 is 0 Å². The number of hydrogen-bond acceptors (Lipinski definition) is 4. The van der Waals surface area contributed by atoms with Crippen LogP contribution in [0.5, 0.6) is 5.75 Å². The molecule has 4 nitrogen and oxygen atoms in total. The van der Waals surface area contributed by atoms with Crippen molar-refractivity contribution in [1.29, 1.82) is 0 Å². The number of rotatable bonds is 6. The highest BCUT2D eigenvalue weighted by atomic mass is 79.9. The second-order valence-corrected chi connectivity index (χ2v) is 4.41. The summed E-state index contributed by atoms with van der Waals surface area (Å²) in [6.45, 7) is 1.54. The van der Waals surface area contributed by atoms with Crippen LogP contribution in [0, 0.1) is 0 Å². The van der Waals surface area contributed by atoms with Crippen LogP contribution in [-0.4, -0.2) is 46.5 Å². The van der Waals surface area contributed by atoms with Gasteiger partial charge in [0.2, 0.25) is 0 Å². The van der Waals surface area contributed by atoms with E-state index in [9.17, 15) is 5.11 Å². The van der Waals surface area contributed by atoms with Crippen LogP contribution in [0.25, 0.3) is 0 Å². The highest BCUT2D eigenvalue weighted by Crippen LogP contribution is 2.23. The van der Waals surface area contributed by atoms with Crippen molar-refractivity contribution in [2.75, 3.05) is 26.3 Å². The molecule has 3 N–H and O–H groups in total. The molecule has 0 saturated heterocycles. The minimum absolute atomic E-state index is 0.0365. The zero-order valence-corrected chi connectivity index (χ0v) is 10.5. The molecule has 0 radical (unpaired) electrons. The van der Waals surface area contributed by atoms with Crippen molar-refractivity contribution in [2.24, 2.45) is 0 Å². The maximum atomic E-state index is 9.65. The number of phenols is 1. The molecule has 90 valence electrons. The molecule has 1 aromatic rings. The molecule has 0 aromatic heterocycles. The Hall–Kier alpha value is -0.620. The fourth-order valence-corrected chi connectivity index (χ4v) is 1.88. The van der Waals surface area contributed by atoms with Crippen LogP contribution in [0.1, 0.15) is 5.56 Å². The number of nitrogens with zero attached hydrogens (tertiary/aromatic N) is 1. The molecule has 16 heavy (non-hydrogen) atoms. The van der Waals surface area contributed by atoms with Crippen LogP contribution in [0.4, 0.5) is 0 Å². The number of aromatic hydroxyl groups is 1. The van der Waals surface area contributed by atoms with E-state index in [1.54, 1.807) is 12.1 Å². The van der Waals surface area contributed by atoms with Crippen LogP contribution >= 0.6 is 15.9 Å². The molecule has 0 aliphatic carbocycles. The van der Waals surface area contributed by atoms with Gasteiger partial charge < -0.3 is 15.3 Å². The first-order valence-corrected chi connectivity index (χ1v) is 5.88. The normalized spacial score (nSPS) is 11.0. The fraction of sp³-hybridized carbons (Fsp3) is 0.455. The molecule has 0 saturated carbocycles. The molecule has 0 aliphatic rings. The van der Waals surface area contributed by atoms with Gasteiger partial charge in [-0.2, -0.15) is 0 Å². The van der Waals surface area contributed by atoms with Gasteiger partial charge in [0.15, 0.2) is 0 Å². The van der Waals surface area contributed by atoms with E-state index in [4.69, 9.17) is 10.2 Å². The Morgan fingerprint density at radius 3 is 2.31 bits per heavy atom. The molecule has 0 heterocycles. The molecule has 1 rings (SSSR count). The van der Waals surface area contributed by atoms with E-state index in [0.29, 0.717) is 19.6 Å². The van der Waals surface area contributed by atoms with Crippen LogP contribution in [0.3, 0.4) is 0 Å². The zero-order valence-electron chi connectivity index (χ0n) is 8.93. The molecule has 1 aromatic carbocycles. The van der Waals surface area contributed by atoms with E-state index < -0.39 is 0 Å². The molecular formula is C11H16BrNO3. The summed E-state index contributed by atoms with van der Waals surface area (Å²) in [5.41, 5.74) is 0.774. The van der Waals surface area contributed by atoms with Gasteiger partial charge in [-0.05, 0) is 18.2 Å². The lowest BCUT2D eigenvalue weighted by Gasteiger charge is -2.20. The Balaban J connectivity index is 2.71. The molecule has 0 unspecified atom stereocenters. The molecule has 0 atom stereocenters. The monoisotopic (exact) mass is 289 g/mol. The van der Waals surface area contributed by atoms with Crippen molar-refractivity contribution in [1.82, 2.24) is 4.90 Å². The number of aliphatic hydroxyl groups is 2. The third kappa shape index (κ3) is 4.09. The maximum absolute atomic E-state index is 9.65. The quantitative estimate of drug-likeness (QED) is 0.729. The molecule has 0 fully saturated rings. The topological polar surface area (TPSA) is 63.9 Å². The lowest BCUT2D eigenvalue weighted by atomic mass is 10.2. The van der Waals surface area contributed by atoms with Crippen LogP contribution < -0.4 is 0 Å². The first-order valence-electron chi connectivity index (χ1n) is 5.09. The van der Waals surface area contributed by atoms with Gasteiger partial charge in [-0.25, -0.2) is 0 Å². The van der Waals surface area contributed by atoms with E-state index in [1.165, 1.54) is 0 Å². The first-order chi connectivity index (χ1) is 7.67. The van der Waals surface area contributed by atoms with Crippen LogP contribution in [-0.2, 0) is 6.54 Å². The van der Waals surface area contributed by atoms with Crippen molar-refractivity contribution >= 4 is 15.9 Å². The number of aliphatic hydroxyl groups excluding tert-OH is 2. The summed E-state index contributed by atoms with van der Waals surface area (Å²) >= 11 is 3.34. The number of phenolic OH excluding ortho intramolecular Hbond substituents is 1. The number of benzene rings is 1. The van der Waals surface area contributed by atoms with Gasteiger partial charge >= 0.3 is 0 Å². The molecule has 0 spiro atoms. The van der Waals surface area contributed by atoms with Gasteiger partial charge in [0.05, 0.1) is 13.2 Å². The molecule has 0 aliphatic heterocycles. The van der Waals surface area contributed by atoms with Crippen LogP contribution in [0.15, 0.2) is 22.7 Å². The van der Waals surface area contributed by atoms with Crippen LogP contribution in [0.2, 0.25) is 0 Å². The Kier molecular flexibility index (Phi) is 5.76. The first kappa shape index (κ1) is 13.4. The Bertz CT molecular complexity index is 327. The summed E-state index contributed by atoms with van der Waals surface area (Å²) in [5, 5.41) is 27.4. The van der Waals surface area contributed by atoms with Crippen molar-refractivity contribution in [3.05, 3.63) is 28.2 Å². The maximum Gasteiger partial charge on any atom is 0.120 e. The second-order valence-electron chi connectivity index (χ2n) is 3.50. The summed E-state index contributed by atoms with van der Waals surface area (Å²) in [6, 6.07) is 5.22. The molecular weight excluding hydrogens is 274 g/mol. The number of halogens is 1. The predicted molar refractivity (Wildman–Crippen MR) is 65.3 cm³/mol. The van der Waals surface area contributed by atoms with Gasteiger partial charge in [0, 0.05) is 29.7 Å². The van der Waals surface area contributed by atoms with Crippen molar-refractivity contribution in [3.63, 3.8) is 0 Å². The SMILES string of the molecule is OCCN(CCO)Cc1cc(Br)ccc1O. The number of hydrogen-bond donors (Lipinski definition) is 3. The lowest BCUT2D eigenvalue weighted by molar-refractivity contribution is 0.155. The average Bonchev–Trinajstić information content (AvgIpc) is 2.24. The largest absolute Gasteiger partial charge is 0.508 e. The van der Waals surface area contributed by atoms with E-state index in [1.807, 2.05) is 11.0 Å². The Labute approximate surface area is 103 Å².